The van der Waals surface area contributed by atoms with Crippen LogP contribution in [0.1, 0.15) is 49.4 Å². The third-order valence-electron chi connectivity index (χ3n) is 3.69. The van der Waals surface area contributed by atoms with Crippen LogP contribution in [-0.2, 0) is 0 Å². The van der Waals surface area contributed by atoms with Gasteiger partial charge in [-0.05, 0) is 50.0 Å². The Hall–Kier alpha value is -0.860. The van der Waals surface area contributed by atoms with E-state index in [4.69, 9.17) is 5.73 Å². The second-order valence-corrected chi connectivity index (χ2v) is 5.20. The lowest BCUT2D eigenvalue weighted by molar-refractivity contribution is 0.266. The van der Waals surface area contributed by atoms with Gasteiger partial charge in [0.2, 0.25) is 0 Å². The molecule has 102 valence electrons. The molecule has 0 aliphatic heterocycles. The molecule has 2 nitrogen and oxygen atoms in total. The van der Waals surface area contributed by atoms with Crippen LogP contribution in [0.3, 0.4) is 0 Å². The molecule has 0 aromatic heterocycles. The van der Waals surface area contributed by atoms with E-state index in [2.05, 4.69) is 50.8 Å². The van der Waals surface area contributed by atoms with Crippen LogP contribution in [0.5, 0.6) is 0 Å². The number of unbranched alkanes of at least 4 members (excludes halogenated alkanes) is 1. The predicted octanol–water partition coefficient (Wildman–Crippen LogP) is 3.43. The maximum absolute atomic E-state index is 6.32. The summed E-state index contributed by atoms with van der Waals surface area (Å²) < 4.78 is 0. The molecule has 1 rings (SSSR count). The number of hydrogen-bond acceptors (Lipinski definition) is 2. The Morgan fingerprint density at radius 2 is 1.89 bits per heavy atom. The first kappa shape index (κ1) is 15.2. The van der Waals surface area contributed by atoms with E-state index in [1.54, 1.807) is 0 Å². The maximum Gasteiger partial charge on any atom is 0.0424 e. The SMILES string of the molecule is CCCCN(CC)CC(N)c1ccc(C)c(C)c1. The number of likely N-dealkylation sites (N-methyl/N-ethyl adjacent to an activating group) is 1. The van der Waals surface area contributed by atoms with Gasteiger partial charge in [-0.15, -0.1) is 0 Å². The maximum atomic E-state index is 6.32. The zero-order valence-corrected chi connectivity index (χ0v) is 12.4. The van der Waals surface area contributed by atoms with Crippen molar-refractivity contribution in [3.63, 3.8) is 0 Å². The second kappa shape index (κ2) is 7.55. The van der Waals surface area contributed by atoms with Gasteiger partial charge < -0.3 is 10.6 Å². The zero-order valence-electron chi connectivity index (χ0n) is 12.4. The average molecular weight is 248 g/mol. The predicted molar refractivity (Wildman–Crippen MR) is 79.9 cm³/mol. The van der Waals surface area contributed by atoms with Gasteiger partial charge in [0.05, 0.1) is 0 Å². The van der Waals surface area contributed by atoms with Crippen LogP contribution >= 0.6 is 0 Å². The molecule has 1 aromatic rings. The molecule has 1 atom stereocenters. The van der Waals surface area contributed by atoms with E-state index in [1.165, 1.54) is 29.5 Å². The lowest BCUT2D eigenvalue weighted by Crippen LogP contribution is -2.33. The molecule has 0 radical (unpaired) electrons. The quantitative estimate of drug-likeness (QED) is 0.801. The summed E-state index contributed by atoms with van der Waals surface area (Å²) in [6.45, 7) is 11.9. The minimum absolute atomic E-state index is 0.126. The van der Waals surface area contributed by atoms with Gasteiger partial charge in [-0.2, -0.15) is 0 Å². The van der Waals surface area contributed by atoms with Crippen molar-refractivity contribution < 1.29 is 0 Å². The summed E-state index contributed by atoms with van der Waals surface area (Å²) in [5, 5.41) is 0. The van der Waals surface area contributed by atoms with Crippen molar-refractivity contribution in [2.45, 2.75) is 46.6 Å². The van der Waals surface area contributed by atoms with Gasteiger partial charge in [-0.1, -0.05) is 38.5 Å². The Balaban J connectivity index is 2.62. The normalized spacial score (nSPS) is 13.0. The monoisotopic (exact) mass is 248 g/mol. The summed E-state index contributed by atoms with van der Waals surface area (Å²) in [5.41, 5.74) is 10.2. The van der Waals surface area contributed by atoms with Gasteiger partial charge in [0.1, 0.15) is 0 Å². The molecule has 0 saturated heterocycles. The highest BCUT2D eigenvalue weighted by atomic mass is 15.1. The number of hydrogen-bond donors (Lipinski definition) is 1. The third-order valence-corrected chi connectivity index (χ3v) is 3.69. The van der Waals surface area contributed by atoms with Gasteiger partial charge in [0.25, 0.3) is 0 Å². The number of aryl methyl sites for hydroxylation is 2. The van der Waals surface area contributed by atoms with Gasteiger partial charge in [0.15, 0.2) is 0 Å². The summed E-state index contributed by atoms with van der Waals surface area (Å²) >= 11 is 0. The molecule has 0 spiro atoms. The molecule has 18 heavy (non-hydrogen) atoms. The first-order valence-corrected chi connectivity index (χ1v) is 7.13. The van der Waals surface area contributed by atoms with Gasteiger partial charge >= 0.3 is 0 Å². The van der Waals surface area contributed by atoms with Gasteiger partial charge in [0, 0.05) is 12.6 Å². The lowest BCUT2D eigenvalue weighted by atomic mass is 10.0. The minimum Gasteiger partial charge on any atom is -0.323 e. The average Bonchev–Trinajstić information content (AvgIpc) is 2.37. The summed E-state index contributed by atoms with van der Waals surface area (Å²) in [6.07, 6.45) is 2.50. The van der Waals surface area contributed by atoms with Crippen LogP contribution in [0, 0.1) is 13.8 Å². The smallest absolute Gasteiger partial charge is 0.0424 e. The first-order chi connectivity index (χ1) is 8.58. The largest absolute Gasteiger partial charge is 0.323 e. The van der Waals surface area contributed by atoms with Crippen LogP contribution in [-0.4, -0.2) is 24.5 Å². The second-order valence-electron chi connectivity index (χ2n) is 5.20. The van der Waals surface area contributed by atoms with E-state index >= 15 is 0 Å². The van der Waals surface area contributed by atoms with Crippen LogP contribution in [0.2, 0.25) is 0 Å². The molecule has 0 bridgehead atoms. The molecule has 0 fully saturated rings. The van der Waals surface area contributed by atoms with Crippen molar-refractivity contribution in [1.82, 2.24) is 4.90 Å². The summed E-state index contributed by atoms with van der Waals surface area (Å²) in [4.78, 5) is 2.45. The number of nitrogens with zero attached hydrogens (tertiary/aromatic N) is 1. The third kappa shape index (κ3) is 4.43. The molecule has 0 aliphatic carbocycles. The molecule has 2 N–H and O–H groups in total. The van der Waals surface area contributed by atoms with E-state index < -0.39 is 0 Å². The molecular weight excluding hydrogens is 220 g/mol. The van der Waals surface area contributed by atoms with Gasteiger partial charge in [-0.25, -0.2) is 0 Å². The zero-order chi connectivity index (χ0) is 13.5. The standard InChI is InChI=1S/C16H28N2/c1-5-7-10-18(6-2)12-16(17)15-9-8-13(3)14(4)11-15/h8-9,11,16H,5-7,10,12,17H2,1-4H3. The van der Waals surface area contributed by atoms with Crippen LogP contribution in [0.15, 0.2) is 18.2 Å². The van der Waals surface area contributed by atoms with Crippen LogP contribution in [0.25, 0.3) is 0 Å². The van der Waals surface area contributed by atoms with E-state index in [-0.39, 0.29) is 6.04 Å². The topological polar surface area (TPSA) is 29.3 Å². The summed E-state index contributed by atoms with van der Waals surface area (Å²) in [6, 6.07) is 6.70. The molecule has 0 saturated carbocycles. The van der Waals surface area contributed by atoms with Gasteiger partial charge in [-0.3, -0.25) is 0 Å². The lowest BCUT2D eigenvalue weighted by Gasteiger charge is -2.24. The molecule has 0 amide bonds. The Bertz CT molecular complexity index is 360. The Labute approximate surface area is 112 Å². The molecule has 0 aliphatic rings. The highest BCUT2D eigenvalue weighted by Crippen LogP contribution is 2.16. The van der Waals surface area contributed by atoms with E-state index in [0.717, 1.165) is 19.6 Å². The van der Waals surface area contributed by atoms with Crippen molar-refractivity contribution >= 4 is 0 Å². The van der Waals surface area contributed by atoms with Crippen molar-refractivity contribution in [2.24, 2.45) is 5.73 Å². The Morgan fingerprint density at radius 1 is 1.17 bits per heavy atom. The van der Waals surface area contributed by atoms with E-state index in [9.17, 15) is 0 Å². The van der Waals surface area contributed by atoms with E-state index in [0.29, 0.717) is 0 Å². The highest BCUT2D eigenvalue weighted by molar-refractivity contribution is 5.31. The molecular formula is C16H28N2. The highest BCUT2D eigenvalue weighted by Gasteiger charge is 2.11. The van der Waals surface area contributed by atoms with Crippen molar-refractivity contribution in [3.8, 4) is 0 Å². The van der Waals surface area contributed by atoms with Crippen molar-refractivity contribution in [3.05, 3.63) is 34.9 Å². The van der Waals surface area contributed by atoms with Crippen molar-refractivity contribution in [1.29, 1.82) is 0 Å². The fourth-order valence-electron chi connectivity index (χ4n) is 2.14. The first-order valence-electron chi connectivity index (χ1n) is 7.13. The number of benzene rings is 1. The summed E-state index contributed by atoms with van der Waals surface area (Å²) in [7, 11) is 0. The Morgan fingerprint density at radius 3 is 2.44 bits per heavy atom. The molecule has 0 heterocycles. The molecule has 1 aromatic carbocycles. The van der Waals surface area contributed by atoms with Crippen molar-refractivity contribution in [2.75, 3.05) is 19.6 Å². The molecule has 2 heteroatoms. The Kier molecular flexibility index (Phi) is 6.37. The minimum atomic E-state index is 0.126. The fraction of sp³-hybridized carbons (Fsp3) is 0.625. The van der Waals surface area contributed by atoms with E-state index in [1.807, 2.05) is 0 Å². The molecule has 1 unspecified atom stereocenters. The number of rotatable bonds is 7. The summed E-state index contributed by atoms with van der Waals surface area (Å²) in [5.74, 6) is 0. The number of nitrogens with two attached hydrogens (primary N) is 1. The van der Waals surface area contributed by atoms with Crippen LogP contribution < -0.4 is 5.73 Å². The van der Waals surface area contributed by atoms with Crippen LogP contribution in [0.4, 0.5) is 0 Å². The fourth-order valence-corrected chi connectivity index (χ4v) is 2.14.